The topological polar surface area (TPSA) is 237 Å². The van der Waals surface area contributed by atoms with Crippen LogP contribution in [0.5, 0.6) is 0 Å². The molecule has 0 aliphatic heterocycles. The van der Waals surface area contributed by atoms with E-state index in [0.717, 1.165) is 154 Å². The first-order valence-corrected chi connectivity index (χ1v) is 39.5. The number of unbranched alkanes of at least 4 members (excludes halogenated alkanes) is 33. The fourth-order valence-electron chi connectivity index (χ4n) is 9.87. The zero-order valence-corrected chi connectivity index (χ0v) is 60.0. The van der Waals surface area contributed by atoms with Crippen LogP contribution >= 0.6 is 15.6 Å². The lowest BCUT2D eigenvalue weighted by Gasteiger charge is -2.21. The van der Waals surface area contributed by atoms with Crippen LogP contribution in [0.3, 0.4) is 0 Å². The van der Waals surface area contributed by atoms with E-state index in [1.165, 1.54) is 89.9 Å². The maximum atomic E-state index is 13.0. The molecule has 0 saturated heterocycles. The Labute approximate surface area is 559 Å². The van der Waals surface area contributed by atoms with Crippen LogP contribution < -0.4 is 0 Å². The summed E-state index contributed by atoms with van der Waals surface area (Å²) in [4.78, 5) is 72.6. The minimum atomic E-state index is -4.97. The second-order valence-corrected chi connectivity index (χ2v) is 27.4. The Balaban J connectivity index is 5.31. The molecular weight excluding hydrogens is 1210 g/mol. The number of hydrogen-bond acceptors (Lipinski definition) is 15. The van der Waals surface area contributed by atoms with Crippen molar-refractivity contribution in [1.82, 2.24) is 0 Å². The van der Waals surface area contributed by atoms with E-state index < -0.39 is 97.5 Å². The van der Waals surface area contributed by atoms with E-state index in [1.807, 2.05) is 0 Å². The molecule has 0 aromatic carbocycles. The highest BCUT2D eigenvalue weighted by molar-refractivity contribution is 7.47. The molecule has 0 amide bonds. The lowest BCUT2D eigenvalue weighted by atomic mass is 10.1. The van der Waals surface area contributed by atoms with Crippen LogP contribution in [0, 0.1) is 0 Å². The van der Waals surface area contributed by atoms with Crippen molar-refractivity contribution in [2.24, 2.45) is 0 Å². The Kier molecular flexibility index (Phi) is 64.0. The molecule has 0 rings (SSSR count). The Morgan fingerprint density at radius 3 is 0.891 bits per heavy atom. The number of carbonyl (C=O) groups excluding carboxylic acids is 4. The molecule has 17 nitrogen and oxygen atoms in total. The molecule has 0 bridgehead atoms. The highest BCUT2D eigenvalue weighted by Crippen LogP contribution is 2.45. The maximum absolute atomic E-state index is 13.0. The fraction of sp³-hybridized carbons (Fsp3) is 0.808. The molecule has 0 saturated carbocycles. The van der Waals surface area contributed by atoms with Gasteiger partial charge in [-0.15, -0.1) is 0 Å². The number of ether oxygens (including phenoxy) is 4. The molecule has 0 aromatic rings. The molecule has 0 radical (unpaired) electrons. The average molecular weight is 1340 g/mol. The smallest absolute Gasteiger partial charge is 0.462 e. The molecule has 536 valence electrons. The van der Waals surface area contributed by atoms with E-state index in [4.69, 9.17) is 37.0 Å². The lowest BCUT2D eigenvalue weighted by molar-refractivity contribution is -0.161. The standard InChI is InChI=1S/C73H132O17P2/c1-5-9-13-17-21-25-29-32-33-36-39-42-46-50-54-58-71(76)84-64-69(90-73(78)60-56-52-48-44-40-35-31-27-23-19-15-11-7-3)66-88-92(81,82)86-62-67(74)61-85-91(79,80)87-65-68(89-72(77)59-55-51-47-43-37-28-24-20-16-12-8-4)63-83-70(75)57-53-49-45-41-38-34-30-26-22-18-14-10-6-2/h9,13,21,25-27,30-33,67-69,74H,5-8,10-12,14-20,22-24,28-29,34-66H2,1-4H3,(H,79,80)(H,81,82)/b13-9-,25-21-,30-26-,31-27-,33-32-. The molecule has 0 spiro atoms. The van der Waals surface area contributed by atoms with Crippen molar-refractivity contribution in [2.45, 2.75) is 341 Å². The van der Waals surface area contributed by atoms with Gasteiger partial charge in [0.25, 0.3) is 0 Å². The first kappa shape index (κ1) is 88.8. The molecule has 3 N–H and O–H groups in total. The summed E-state index contributed by atoms with van der Waals surface area (Å²) in [5, 5.41) is 10.6. The van der Waals surface area contributed by atoms with Gasteiger partial charge in [-0.2, -0.15) is 0 Å². The van der Waals surface area contributed by atoms with Crippen LogP contribution in [0.15, 0.2) is 60.8 Å². The number of phosphoric ester groups is 2. The van der Waals surface area contributed by atoms with Crippen LogP contribution in [0.4, 0.5) is 0 Å². The third kappa shape index (κ3) is 65.4. The number of aliphatic hydroxyl groups excluding tert-OH is 1. The van der Waals surface area contributed by atoms with E-state index in [1.54, 1.807) is 0 Å². The van der Waals surface area contributed by atoms with E-state index >= 15 is 0 Å². The normalized spacial score (nSPS) is 14.4. The number of aliphatic hydroxyl groups is 1. The highest BCUT2D eigenvalue weighted by Gasteiger charge is 2.30. The van der Waals surface area contributed by atoms with Gasteiger partial charge in [0, 0.05) is 25.7 Å². The number of carbonyl (C=O) groups is 4. The Hall–Kier alpha value is -3.24. The summed E-state index contributed by atoms with van der Waals surface area (Å²) in [6.07, 6.45) is 62.2. The van der Waals surface area contributed by atoms with E-state index in [2.05, 4.69) is 88.5 Å². The van der Waals surface area contributed by atoms with Crippen molar-refractivity contribution in [3.63, 3.8) is 0 Å². The molecule has 92 heavy (non-hydrogen) atoms. The molecule has 5 unspecified atom stereocenters. The SMILES string of the molecule is CC/C=C\C/C=C\C/C=C\CCCCCCCC(=O)OCC(COP(=O)(O)OCC(O)COP(=O)(O)OCC(COC(=O)CCCCCCC/C=C\CCCCCC)OC(=O)CCCCCCCCCCCCC)OC(=O)CCCCCCC/C=C\CCCCCC. The van der Waals surface area contributed by atoms with Gasteiger partial charge in [-0.05, 0) is 109 Å². The predicted molar refractivity (Wildman–Crippen MR) is 372 cm³/mol. The molecule has 0 aliphatic carbocycles. The van der Waals surface area contributed by atoms with Crippen LogP contribution in [-0.4, -0.2) is 96.7 Å². The van der Waals surface area contributed by atoms with Gasteiger partial charge in [-0.1, -0.05) is 249 Å². The number of rotatable bonds is 69. The minimum absolute atomic E-state index is 0.0841. The largest absolute Gasteiger partial charge is 0.472 e. The van der Waals surface area contributed by atoms with Gasteiger partial charge in [-0.3, -0.25) is 37.3 Å². The Morgan fingerprint density at radius 1 is 0.315 bits per heavy atom. The maximum Gasteiger partial charge on any atom is 0.472 e. The number of phosphoric acid groups is 2. The van der Waals surface area contributed by atoms with Crippen molar-refractivity contribution < 1.29 is 80.2 Å². The Bertz CT molecular complexity index is 1990. The first-order valence-electron chi connectivity index (χ1n) is 36.5. The molecular formula is C73H132O17P2. The van der Waals surface area contributed by atoms with Gasteiger partial charge in [0.05, 0.1) is 26.4 Å². The molecule has 19 heteroatoms. The van der Waals surface area contributed by atoms with Crippen molar-refractivity contribution in [2.75, 3.05) is 39.6 Å². The summed E-state index contributed by atoms with van der Waals surface area (Å²) in [5.41, 5.74) is 0. The molecule has 0 aliphatic rings. The van der Waals surface area contributed by atoms with Gasteiger partial charge >= 0.3 is 39.5 Å². The highest BCUT2D eigenvalue weighted by atomic mass is 31.2. The summed E-state index contributed by atoms with van der Waals surface area (Å²) in [6.45, 7) is 4.71. The summed E-state index contributed by atoms with van der Waals surface area (Å²) >= 11 is 0. The average Bonchev–Trinajstić information content (AvgIpc) is 2.73. The van der Waals surface area contributed by atoms with E-state index in [0.29, 0.717) is 25.7 Å². The van der Waals surface area contributed by atoms with Gasteiger partial charge in [0.1, 0.15) is 19.3 Å². The van der Waals surface area contributed by atoms with Crippen molar-refractivity contribution in [3.05, 3.63) is 60.8 Å². The summed E-state index contributed by atoms with van der Waals surface area (Å²) < 4.78 is 68.3. The molecule has 5 atom stereocenters. The summed E-state index contributed by atoms with van der Waals surface area (Å²) in [7, 11) is -9.93. The van der Waals surface area contributed by atoms with Crippen LogP contribution in [0.25, 0.3) is 0 Å². The van der Waals surface area contributed by atoms with Crippen molar-refractivity contribution in [1.29, 1.82) is 0 Å². The van der Waals surface area contributed by atoms with Gasteiger partial charge in [0.15, 0.2) is 12.2 Å². The van der Waals surface area contributed by atoms with E-state index in [-0.39, 0.29) is 25.7 Å². The summed E-state index contributed by atoms with van der Waals surface area (Å²) in [6, 6.07) is 0. The van der Waals surface area contributed by atoms with Gasteiger partial charge in [0.2, 0.25) is 0 Å². The number of hydrogen-bond donors (Lipinski definition) is 3. The van der Waals surface area contributed by atoms with Gasteiger partial charge < -0.3 is 33.8 Å². The second kappa shape index (κ2) is 66.4. The minimum Gasteiger partial charge on any atom is -0.462 e. The van der Waals surface area contributed by atoms with Gasteiger partial charge in [-0.25, -0.2) is 9.13 Å². The van der Waals surface area contributed by atoms with Crippen LogP contribution in [0.1, 0.15) is 323 Å². The predicted octanol–water partition coefficient (Wildman–Crippen LogP) is 20.3. The second-order valence-electron chi connectivity index (χ2n) is 24.5. The number of esters is 4. The fourth-order valence-corrected chi connectivity index (χ4v) is 11.5. The zero-order valence-electron chi connectivity index (χ0n) is 58.2. The molecule has 0 fully saturated rings. The zero-order chi connectivity index (χ0) is 67.5. The van der Waals surface area contributed by atoms with Crippen LogP contribution in [-0.2, 0) is 65.4 Å². The third-order valence-electron chi connectivity index (χ3n) is 15.5. The third-order valence-corrected chi connectivity index (χ3v) is 17.4. The first-order chi connectivity index (χ1) is 44.7. The van der Waals surface area contributed by atoms with Crippen LogP contribution in [0.2, 0.25) is 0 Å². The monoisotopic (exact) mass is 1340 g/mol. The summed E-state index contributed by atoms with van der Waals surface area (Å²) in [5.74, 6) is -2.19. The van der Waals surface area contributed by atoms with E-state index in [9.17, 15) is 43.2 Å². The lowest BCUT2D eigenvalue weighted by Crippen LogP contribution is -2.30. The quantitative estimate of drug-likeness (QED) is 0.0169. The Morgan fingerprint density at radius 2 is 0.565 bits per heavy atom. The molecule has 0 heterocycles. The number of allylic oxidation sites excluding steroid dienone is 10. The van der Waals surface area contributed by atoms with Crippen molar-refractivity contribution in [3.8, 4) is 0 Å². The molecule has 0 aromatic heterocycles. The van der Waals surface area contributed by atoms with Crippen molar-refractivity contribution >= 4 is 39.5 Å².